The summed E-state index contributed by atoms with van der Waals surface area (Å²) >= 11 is 0. The predicted octanol–water partition coefficient (Wildman–Crippen LogP) is 5.15. The van der Waals surface area contributed by atoms with Gasteiger partial charge in [-0.3, -0.25) is 0 Å². The van der Waals surface area contributed by atoms with Crippen molar-refractivity contribution in [3.05, 3.63) is 59.0 Å². The van der Waals surface area contributed by atoms with Gasteiger partial charge >= 0.3 is 0 Å². The third-order valence-electron chi connectivity index (χ3n) is 6.57. The van der Waals surface area contributed by atoms with Crippen LogP contribution in [-0.4, -0.2) is 35.9 Å². The molecule has 1 aliphatic carbocycles. The molecule has 3 aliphatic rings. The Balaban J connectivity index is 1.68. The molecule has 1 fully saturated rings. The summed E-state index contributed by atoms with van der Waals surface area (Å²) in [4.78, 5) is 6.65. The zero-order chi connectivity index (χ0) is 23.2. The Bertz CT molecular complexity index is 1160. The van der Waals surface area contributed by atoms with Crippen LogP contribution in [0.1, 0.15) is 63.2 Å². The first-order valence-electron chi connectivity index (χ1n) is 11.5. The van der Waals surface area contributed by atoms with Gasteiger partial charge in [-0.05, 0) is 50.0 Å². The van der Waals surface area contributed by atoms with Gasteiger partial charge in [0.2, 0.25) is 0 Å². The van der Waals surface area contributed by atoms with Crippen LogP contribution in [0.25, 0.3) is 11.3 Å². The Morgan fingerprint density at radius 3 is 2.91 bits per heavy atom. The Hall–Kier alpha value is -3.13. The van der Waals surface area contributed by atoms with Gasteiger partial charge in [-0.2, -0.15) is 4.98 Å². The second-order valence-corrected chi connectivity index (χ2v) is 8.91. The van der Waals surface area contributed by atoms with E-state index in [0.717, 1.165) is 53.4 Å². The predicted molar refractivity (Wildman–Crippen MR) is 126 cm³/mol. The van der Waals surface area contributed by atoms with Crippen LogP contribution in [0, 0.1) is 0 Å². The Kier molecular flexibility index (Phi) is 5.48. The average Bonchev–Trinajstić information content (AvgIpc) is 3.24. The number of benzene rings is 1. The number of hydrogen-bond donors (Lipinski definition) is 1. The van der Waals surface area contributed by atoms with Crippen molar-refractivity contribution in [3.8, 4) is 5.75 Å². The number of hydrazine groups is 1. The summed E-state index contributed by atoms with van der Waals surface area (Å²) in [5.74, 6) is 1.34. The highest BCUT2D eigenvalue weighted by atomic mass is 19.1. The van der Waals surface area contributed by atoms with Crippen LogP contribution >= 0.6 is 0 Å². The summed E-state index contributed by atoms with van der Waals surface area (Å²) in [6.45, 7) is 4.90. The van der Waals surface area contributed by atoms with Crippen LogP contribution in [0.5, 0.6) is 5.75 Å². The second-order valence-electron chi connectivity index (χ2n) is 8.91. The second kappa shape index (κ2) is 8.33. The van der Waals surface area contributed by atoms with Gasteiger partial charge in [-0.1, -0.05) is 24.6 Å². The molecule has 8 heteroatoms. The molecule has 0 unspecified atom stereocenters. The molecule has 1 saturated carbocycles. The third kappa shape index (κ3) is 3.82. The summed E-state index contributed by atoms with van der Waals surface area (Å²) in [7, 11) is 3.72. The molecule has 0 bridgehead atoms. The lowest BCUT2D eigenvalue weighted by Gasteiger charge is -2.27. The normalized spacial score (nSPS) is 20.8. The molecule has 1 N–H and O–H groups in total. The van der Waals surface area contributed by atoms with Gasteiger partial charge in [0.15, 0.2) is 11.5 Å². The quantitative estimate of drug-likeness (QED) is 0.651. The molecule has 1 aromatic heterocycles. The summed E-state index contributed by atoms with van der Waals surface area (Å²) < 4.78 is 25.4. The van der Waals surface area contributed by atoms with Crippen molar-refractivity contribution in [1.29, 1.82) is 0 Å². The van der Waals surface area contributed by atoms with Gasteiger partial charge in [0.25, 0.3) is 5.89 Å². The van der Waals surface area contributed by atoms with Gasteiger partial charge in [-0.25, -0.2) is 9.82 Å². The molecule has 0 amide bonds. The molecule has 7 nitrogen and oxygen atoms in total. The number of nitrogens with zero attached hydrogens (tertiary/aromatic N) is 4. The fourth-order valence-corrected chi connectivity index (χ4v) is 4.45. The molecule has 174 valence electrons. The fraction of sp³-hybridized carbons (Fsp3) is 0.440. The minimum atomic E-state index is -1.45. The topological polar surface area (TPSA) is 66.7 Å². The van der Waals surface area contributed by atoms with Crippen molar-refractivity contribution in [2.75, 3.05) is 25.6 Å². The van der Waals surface area contributed by atoms with Crippen molar-refractivity contribution in [2.24, 2.45) is 0 Å². The SMILES string of the molecule is CCC/C=C/N1/C(=C(\C)c2noc(C3(F)CC3)n2)CC2=C(c3cc(OC)ccc31)N(C)NC2. The van der Waals surface area contributed by atoms with Crippen LogP contribution in [0.4, 0.5) is 10.1 Å². The number of unbranched alkanes of at least 4 members (excludes halogenated alkanes) is 1. The lowest BCUT2D eigenvalue weighted by atomic mass is 10.0. The molecule has 0 spiro atoms. The Labute approximate surface area is 193 Å². The standard InChI is InChI=1S/C25H30FN5O2/c1-5-6-7-12-31-20-9-8-18(32-4)14-19(20)22-17(15-27-30(22)3)13-21(31)16(2)23-28-24(33-29-23)25(26)10-11-25/h7-9,12,14,27H,5-6,10-11,13,15H2,1-4H3/b12-7+,21-16+. The summed E-state index contributed by atoms with van der Waals surface area (Å²) in [5.41, 5.74) is 8.46. The monoisotopic (exact) mass is 451 g/mol. The van der Waals surface area contributed by atoms with E-state index in [9.17, 15) is 4.39 Å². The summed E-state index contributed by atoms with van der Waals surface area (Å²) in [5, 5.41) is 6.22. The number of aromatic nitrogens is 2. The number of anilines is 1. The van der Waals surface area contributed by atoms with Crippen molar-refractivity contribution in [2.45, 2.75) is 51.6 Å². The molecule has 0 saturated heterocycles. The molecule has 0 radical (unpaired) electrons. The fourth-order valence-electron chi connectivity index (χ4n) is 4.45. The Morgan fingerprint density at radius 1 is 1.36 bits per heavy atom. The zero-order valence-electron chi connectivity index (χ0n) is 19.6. The lowest BCUT2D eigenvalue weighted by molar-refractivity contribution is 0.226. The molecular formula is C25H30FN5O2. The van der Waals surface area contributed by atoms with E-state index in [2.05, 4.69) is 56.8 Å². The third-order valence-corrected chi connectivity index (χ3v) is 6.57. The number of allylic oxidation sites excluding steroid dienone is 3. The summed E-state index contributed by atoms with van der Waals surface area (Å²) in [6.07, 6.45) is 7.94. The van der Waals surface area contributed by atoms with E-state index in [0.29, 0.717) is 25.1 Å². The molecule has 1 aromatic carbocycles. The van der Waals surface area contributed by atoms with Gasteiger partial charge in [-0.15, -0.1) is 0 Å². The molecule has 2 aromatic rings. The van der Waals surface area contributed by atoms with E-state index >= 15 is 0 Å². The highest BCUT2D eigenvalue weighted by Gasteiger charge is 2.50. The number of alkyl halides is 1. The first-order valence-corrected chi connectivity index (χ1v) is 11.5. The van der Waals surface area contributed by atoms with Crippen molar-refractivity contribution in [3.63, 3.8) is 0 Å². The Morgan fingerprint density at radius 2 is 2.18 bits per heavy atom. The number of methoxy groups -OCH3 is 1. The average molecular weight is 452 g/mol. The highest BCUT2D eigenvalue weighted by molar-refractivity contribution is 5.86. The first kappa shape index (κ1) is 21.7. The maximum atomic E-state index is 14.5. The smallest absolute Gasteiger partial charge is 0.264 e. The molecule has 33 heavy (non-hydrogen) atoms. The van der Waals surface area contributed by atoms with Crippen molar-refractivity contribution < 1.29 is 13.7 Å². The van der Waals surface area contributed by atoms with E-state index < -0.39 is 5.67 Å². The molecule has 2 aliphatic heterocycles. The number of rotatable bonds is 6. The van der Waals surface area contributed by atoms with Gasteiger partial charge in [0, 0.05) is 43.0 Å². The molecule has 0 atom stereocenters. The number of ether oxygens (including phenoxy) is 1. The van der Waals surface area contributed by atoms with E-state index in [1.807, 2.05) is 20.0 Å². The number of fused-ring (bicyclic) bond motifs is 2. The van der Waals surface area contributed by atoms with E-state index in [4.69, 9.17) is 9.26 Å². The number of halogens is 1. The van der Waals surface area contributed by atoms with Gasteiger partial charge in [0.1, 0.15) is 5.75 Å². The van der Waals surface area contributed by atoms with Crippen LogP contribution in [0.2, 0.25) is 0 Å². The van der Waals surface area contributed by atoms with Gasteiger partial charge in [0.05, 0.1) is 18.5 Å². The lowest BCUT2D eigenvalue weighted by Crippen LogP contribution is -2.28. The molecular weight excluding hydrogens is 421 g/mol. The number of nitrogens with one attached hydrogen (secondary N) is 1. The largest absolute Gasteiger partial charge is 0.497 e. The first-order chi connectivity index (χ1) is 15.9. The van der Waals surface area contributed by atoms with E-state index in [-0.39, 0.29) is 5.89 Å². The molecule has 3 heterocycles. The molecule has 5 rings (SSSR count). The van der Waals surface area contributed by atoms with Crippen LogP contribution in [0.15, 0.2) is 46.3 Å². The van der Waals surface area contributed by atoms with Crippen LogP contribution in [0.3, 0.4) is 0 Å². The minimum absolute atomic E-state index is 0.0893. The van der Waals surface area contributed by atoms with Crippen molar-refractivity contribution in [1.82, 2.24) is 20.6 Å². The summed E-state index contributed by atoms with van der Waals surface area (Å²) in [6, 6.07) is 6.15. The maximum absolute atomic E-state index is 14.5. The highest BCUT2D eigenvalue weighted by Crippen LogP contribution is 2.49. The number of hydrogen-bond acceptors (Lipinski definition) is 7. The zero-order valence-corrected chi connectivity index (χ0v) is 19.6. The minimum Gasteiger partial charge on any atom is -0.497 e. The van der Waals surface area contributed by atoms with Crippen LogP contribution < -0.4 is 15.1 Å². The van der Waals surface area contributed by atoms with E-state index in [1.165, 1.54) is 5.57 Å². The van der Waals surface area contributed by atoms with Crippen molar-refractivity contribution >= 4 is 17.0 Å². The maximum Gasteiger partial charge on any atom is 0.264 e. The van der Waals surface area contributed by atoms with Crippen LogP contribution in [-0.2, 0) is 5.67 Å². The van der Waals surface area contributed by atoms with E-state index in [1.54, 1.807) is 7.11 Å². The van der Waals surface area contributed by atoms with Gasteiger partial charge < -0.3 is 19.2 Å².